The molecule has 0 atom stereocenters. The van der Waals surface area contributed by atoms with Gasteiger partial charge in [0.25, 0.3) is 0 Å². The summed E-state index contributed by atoms with van der Waals surface area (Å²) >= 11 is 0. The number of carboxylic acid groups (broad SMARTS) is 1. The van der Waals surface area contributed by atoms with E-state index in [1.165, 1.54) is 0 Å². The van der Waals surface area contributed by atoms with Crippen LogP contribution in [0.3, 0.4) is 0 Å². The molecule has 6 nitrogen and oxygen atoms in total. The van der Waals surface area contributed by atoms with Gasteiger partial charge in [-0.2, -0.15) is 18.4 Å². The lowest BCUT2D eigenvalue weighted by Gasteiger charge is -2.11. The van der Waals surface area contributed by atoms with Crippen molar-refractivity contribution in [3.8, 4) is 22.9 Å². The summed E-state index contributed by atoms with van der Waals surface area (Å²) < 4.78 is 33.8. The standard InChI is InChI=1S/C21H15N3O.C2HF3O2/c22-12-16-10-19(17-6-4-5-15(9-17)13-25)21-20(11-16)23-14-24(21)18-7-2-1-3-8-18;3-2(4,5)1(6)7/h1-11,14,25H,13H2;(H,6,7). The number of aromatic nitrogens is 2. The third-order valence-electron chi connectivity index (χ3n) is 4.47. The molecule has 0 saturated heterocycles. The Morgan fingerprint density at radius 2 is 1.75 bits per heavy atom. The van der Waals surface area contributed by atoms with Crippen LogP contribution in [0.4, 0.5) is 13.2 Å². The third kappa shape index (κ3) is 4.94. The minimum absolute atomic E-state index is 0.0210. The van der Waals surface area contributed by atoms with Crippen LogP contribution in [0.2, 0.25) is 0 Å². The number of imidazole rings is 1. The lowest BCUT2D eigenvalue weighted by molar-refractivity contribution is -0.192. The van der Waals surface area contributed by atoms with Crippen LogP contribution < -0.4 is 0 Å². The maximum atomic E-state index is 10.6. The van der Waals surface area contributed by atoms with E-state index in [4.69, 9.17) is 9.90 Å². The van der Waals surface area contributed by atoms with Crippen molar-refractivity contribution < 1.29 is 28.2 Å². The molecule has 32 heavy (non-hydrogen) atoms. The number of rotatable bonds is 3. The molecule has 0 spiro atoms. The van der Waals surface area contributed by atoms with Crippen LogP contribution >= 0.6 is 0 Å². The maximum Gasteiger partial charge on any atom is 0.490 e. The van der Waals surface area contributed by atoms with Gasteiger partial charge in [0, 0.05) is 11.3 Å². The summed E-state index contributed by atoms with van der Waals surface area (Å²) in [5, 5.41) is 25.9. The van der Waals surface area contributed by atoms with Crippen molar-refractivity contribution in [2.75, 3.05) is 0 Å². The van der Waals surface area contributed by atoms with Crippen LogP contribution in [-0.4, -0.2) is 31.9 Å². The highest BCUT2D eigenvalue weighted by molar-refractivity contribution is 5.94. The summed E-state index contributed by atoms with van der Waals surface area (Å²) in [6, 6.07) is 23.6. The summed E-state index contributed by atoms with van der Waals surface area (Å²) in [5.41, 5.74) is 5.99. The van der Waals surface area contributed by atoms with Crippen LogP contribution in [0.25, 0.3) is 27.8 Å². The fraction of sp³-hybridized carbons (Fsp3) is 0.0870. The molecular weight excluding hydrogens is 423 g/mol. The van der Waals surface area contributed by atoms with E-state index in [1.54, 1.807) is 12.4 Å². The lowest BCUT2D eigenvalue weighted by Crippen LogP contribution is -2.21. The number of halogens is 3. The minimum Gasteiger partial charge on any atom is -0.475 e. The molecule has 0 aliphatic heterocycles. The summed E-state index contributed by atoms with van der Waals surface area (Å²) in [4.78, 5) is 13.4. The number of nitriles is 1. The van der Waals surface area contributed by atoms with Crippen LogP contribution in [0.1, 0.15) is 11.1 Å². The number of benzene rings is 3. The fourth-order valence-corrected chi connectivity index (χ4v) is 3.05. The smallest absolute Gasteiger partial charge is 0.475 e. The van der Waals surface area contributed by atoms with Crippen LogP contribution in [0, 0.1) is 11.3 Å². The number of hydrogen-bond acceptors (Lipinski definition) is 4. The van der Waals surface area contributed by atoms with Gasteiger partial charge in [-0.05, 0) is 41.5 Å². The van der Waals surface area contributed by atoms with E-state index in [2.05, 4.69) is 11.1 Å². The molecule has 0 bridgehead atoms. The number of aliphatic carboxylic acids is 1. The van der Waals surface area contributed by atoms with Crippen molar-refractivity contribution in [3.05, 3.63) is 84.2 Å². The predicted octanol–water partition coefficient (Wildman–Crippen LogP) is 4.69. The summed E-state index contributed by atoms with van der Waals surface area (Å²) in [5.74, 6) is -2.76. The number of aliphatic hydroxyl groups excluding tert-OH is 1. The Balaban J connectivity index is 0.000000360. The monoisotopic (exact) mass is 439 g/mol. The molecule has 3 aromatic carbocycles. The molecule has 162 valence electrons. The topological polar surface area (TPSA) is 99.1 Å². The highest BCUT2D eigenvalue weighted by atomic mass is 19.4. The van der Waals surface area contributed by atoms with Gasteiger partial charge in [-0.15, -0.1) is 0 Å². The number of para-hydroxylation sites is 1. The number of carboxylic acids is 1. The third-order valence-corrected chi connectivity index (χ3v) is 4.47. The Bertz CT molecular complexity index is 1290. The normalized spacial score (nSPS) is 10.8. The Labute approximate surface area is 180 Å². The molecule has 9 heteroatoms. The largest absolute Gasteiger partial charge is 0.490 e. The van der Waals surface area contributed by atoms with Crippen molar-refractivity contribution in [1.82, 2.24) is 9.55 Å². The van der Waals surface area contributed by atoms with E-state index < -0.39 is 12.1 Å². The van der Waals surface area contributed by atoms with E-state index >= 15 is 0 Å². The average molecular weight is 439 g/mol. The molecule has 4 aromatic rings. The van der Waals surface area contributed by atoms with Gasteiger partial charge in [0.2, 0.25) is 0 Å². The molecule has 2 N–H and O–H groups in total. The molecular formula is C23H16F3N3O3. The Morgan fingerprint density at radius 1 is 1.06 bits per heavy atom. The van der Waals surface area contributed by atoms with E-state index in [0.717, 1.165) is 33.4 Å². The van der Waals surface area contributed by atoms with Crippen molar-refractivity contribution in [1.29, 1.82) is 5.26 Å². The second-order valence-electron chi connectivity index (χ2n) is 6.61. The van der Waals surface area contributed by atoms with Crippen LogP contribution in [0.15, 0.2) is 73.1 Å². The first-order chi connectivity index (χ1) is 15.2. The van der Waals surface area contributed by atoms with E-state index in [0.29, 0.717) is 5.56 Å². The number of hydrogen-bond donors (Lipinski definition) is 2. The molecule has 1 aromatic heterocycles. The lowest BCUT2D eigenvalue weighted by atomic mass is 9.99. The maximum absolute atomic E-state index is 10.6. The second-order valence-corrected chi connectivity index (χ2v) is 6.61. The summed E-state index contributed by atoms with van der Waals surface area (Å²) in [7, 11) is 0. The molecule has 0 unspecified atom stereocenters. The second kappa shape index (κ2) is 9.32. The van der Waals surface area contributed by atoms with Crippen molar-refractivity contribution in [2.45, 2.75) is 12.8 Å². The van der Waals surface area contributed by atoms with Gasteiger partial charge in [0.15, 0.2) is 0 Å². The number of carbonyl (C=O) groups is 1. The van der Waals surface area contributed by atoms with Gasteiger partial charge in [-0.1, -0.05) is 36.4 Å². The number of alkyl halides is 3. The Hall–Kier alpha value is -4.16. The minimum atomic E-state index is -5.08. The molecule has 0 aliphatic carbocycles. The van der Waals surface area contributed by atoms with Crippen LogP contribution in [-0.2, 0) is 11.4 Å². The zero-order chi connectivity index (χ0) is 23.3. The van der Waals surface area contributed by atoms with Gasteiger partial charge in [-0.25, -0.2) is 9.78 Å². The van der Waals surface area contributed by atoms with Crippen molar-refractivity contribution in [3.63, 3.8) is 0 Å². The molecule has 4 rings (SSSR count). The molecule has 0 aliphatic rings. The van der Waals surface area contributed by atoms with Crippen molar-refractivity contribution in [2.24, 2.45) is 0 Å². The number of nitrogens with zero attached hydrogens (tertiary/aromatic N) is 3. The number of aliphatic hydroxyl groups is 1. The Kier molecular flexibility index (Phi) is 6.56. The quantitative estimate of drug-likeness (QED) is 0.483. The van der Waals surface area contributed by atoms with Gasteiger partial charge < -0.3 is 10.2 Å². The van der Waals surface area contributed by atoms with E-state index in [1.807, 2.05) is 65.2 Å². The molecule has 0 radical (unpaired) electrons. The first-order valence-electron chi connectivity index (χ1n) is 9.21. The summed E-state index contributed by atoms with van der Waals surface area (Å²) in [6.45, 7) is -0.0210. The highest BCUT2D eigenvalue weighted by Crippen LogP contribution is 2.32. The first kappa shape index (κ1) is 22.5. The zero-order valence-electron chi connectivity index (χ0n) is 16.4. The van der Waals surface area contributed by atoms with Gasteiger partial charge in [0.05, 0.1) is 29.3 Å². The fourth-order valence-electron chi connectivity index (χ4n) is 3.05. The average Bonchev–Trinajstić information content (AvgIpc) is 3.23. The van der Waals surface area contributed by atoms with Crippen molar-refractivity contribution >= 4 is 17.0 Å². The van der Waals surface area contributed by atoms with E-state index in [-0.39, 0.29) is 6.61 Å². The molecule has 0 amide bonds. The molecule has 1 heterocycles. The van der Waals surface area contributed by atoms with Gasteiger partial charge in [0.1, 0.15) is 6.33 Å². The van der Waals surface area contributed by atoms with Crippen LogP contribution in [0.5, 0.6) is 0 Å². The van der Waals surface area contributed by atoms with Gasteiger partial charge >= 0.3 is 12.1 Å². The predicted molar refractivity (Wildman–Crippen MR) is 111 cm³/mol. The Morgan fingerprint density at radius 3 is 2.34 bits per heavy atom. The van der Waals surface area contributed by atoms with Gasteiger partial charge in [-0.3, -0.25) is 4.57 Å². The zero-order valence-corrected chi connectivity index (χ0v) is 16.4. The molecule has 0 saturated carbocycles. The van der Waals surface area contributed by atoms with E-state index in [9.17, 15) is 23.5 Å². The number of fused-ring (bicyclic) bond motifs is 1. The SMILES string of the molecule is N#Cc1cc(-c2cccc(CO)c2)c2c(c1)ncn2-c1ccccc1.O=C(O)C(F)(F)F. The highest BCUT2D eigenvalue weighted by Gasteiger charge is 2.38. The summed E-state index contributed by atoms with van der Waals surface area (Å²) in [6.07, 6.45) is -3.31. The first-order valence-corrected chi connectivity index (χ1v) is 9.21. The molecule has 0 fully saturated rings.